The number of carbonyl (C=O) groups is 1. The van der Waals surface area contributed by atoms with Gasteiger partial charge in [-0.2, -0.15) is 0 Å². The summed E-state index contributed by atoms with van der Waals surface area (Å²) in [5.74, 6) is 0.837. The third kappa shape index (κ3) is 3.72. The quantitative estimate of drug-likeness (QED) is 0.843. The monoisotopic (exact) mass is 316 g/mol. The summed E-state index contributed by atoms with van der Waals surface area (Å²) in [5.41, 5.74) is 1.14. The standard InChI is InChI=1S/C18H28N4O/c1-14(23)22-17(13-20(2)3)10-15-11-21(9-7-18(15)22)12-16-6-4-5-8-19-16/h4-6,8,15,17-18H,7,9-13H2,1-3H3/t15-,17+,18+/m1/s1. The van der Waals surface area contributed by atoms with Crippen LogP contribution in [0.4, 0.5) is 0 Å². The molecule has 23 heavy (non-hydrogen) atoms. The van der Waals surface area contributed by atoms with Crippen molar-refractivity contribution in [2.75, 3.05) is 33.7 Å². The summed E-state index contributed by atoms with van der Waals surface area (Å²) in [6.07, 6.45) is 4.07. The van der Waals surface area contributed by atoms with Gasteiger partial charge >= 0.3 is 0 Å². The molecule has 3 rings (SSSR count). The average Bonchev–Trinajstić information content (AvgIpc) is 2.84. The second-order valence-corrected chi connectivity index (χ2v) is 7.25. The lowest BCUT2D eigenvalue weighted by molar-refractivity contribution is -0.133. The van der Waals surface area contributed by atoms with E-state index >= 15 is 0 Å². The van der Waals surface area contributed by atoms with E-state index in [0.29, 0.717) is 18.0 Å². The maximum absolute atomic E-state index is 12.1. The molecule has 0 radical (unpaired) electrons. The Labute approximate surface area is 139 Å². The fourth-order valence-corrected chi connectivity index (χ4v) is 4.37. The minimum atomic E-state index is 0.238. The van der Waals surface area contributed by atoms with Crippen molar-refractivity contribution >= 4 is 5.91 Å². The van der Waals surface area contributed by atoms with Crippen LogP contribution in [0.25, 0.3) is 0 Å². The maximum Gasteiger partial charge on any atom is 0.219 e. The lowest BCUT2D eigenvalue weighted by Crippen LogP contribution is -2.49. The van der Waals surface area contributed by atoms with Crippen molar-refractivity contribution in [3.05, 3.63) is 30.1 Å². The first-order valence-electron chi connectivity index (χ1n) is 8.60. The van der Waals surface area contributed by atoms with Gasteiger partial charge in [-0.3, -0.25) is 14.7 Å². The van der Waals surface area contributed by atoms with E-state index in [2.05, 4.69) is 45.9 Å². The fourth-order valence-electron chi connectivity index (χ4n) is 4.37. The molecule has 3 heterocycles. The number of fused-ring (bicyclic) bond motifs is 1. The molecule has 2 aliphatic heterocycles. The van der Waals surface area contributed by atoms with Crippen LogP contribution in [-0.2, 0) is 11.3 Å². The van der Waals surface area contributed by atoms with Gasteiger partial charge in [-0.05, 0) is 45.0 Å². The second kappa shape index (κ2) is 6.97. The normalized spacial score (nSPS) is 28.2. The third-order valence-corrected chi connectivity index (χ3v) is 5.15. The summed E-state index contributed by atoms with van der Waals surface area (Å²) < 4.78 is 0. The molecule has 2 fully saturated rings. The summed E-state index contributed by atoms with van der Waals surface area (Å²) in [6, 6.07) is 6.90. The molecule has 126 valence electrons. The first kappa shape index (κ1) is 16.4. The summed E-state index contributed by atoms with van der Waals surface area (Å²) in [5, 5.41) is 0. The molecule has 1 amide bonds. The molecule has 3 atom stereocenters. The average molecular weight is 316 g/mol. The number of carbonyl (C=O) groups excluding carboxylic acids is 1. The minimum absolute atomic E-state index is 0.238. The van der Waals surface area contributed by atoms with Crippen molar-refractivity contribution in [2.45, 2.75) is 38.4 Å². The van der Waals surface area contributed by atoms with Crippen LogP contribution in [0.3, 0.4) is 0 Å². The van der Waals surface area contributed by atoms with E-state index in [4.69, 9.17) is 0 Å². The SMILES string of the molecule is CC(=O)N1[C@H](CN(C)C)C[C@@H]2CN(Cc3ccccn3)CC[C@@H]21. The van der Waals surface area contributed by atoms with Gasteiger partial charge in [0, 0.05) is 51.4 Å². The van der Waals surface area contributed by atoms with E-state index in [1.807, 2.05) is 12.3 Å². The number of hydrogen-bond donors (Lipinski definition) is 0. The van der Waals surface area contributed by atoms with Crippen molar-refractivity contribution in [3.63, 3.8) is 0 Å². The molecule has 0 N–H and O–H groups in total. The van der Waals surface area contributed by atoms with Gasteiger partial charge in [0.05, 0.1) is 5.69 Å². The first-order valence-corrected chi connectivity index (χ1v) is 8.60. The van der Waals surface area contributed by atoms with Crippen LogP contribution in [-0.4, -0.2) is 71.4 Å². The Hall–Kier alpha value is -1.46. The maximum atomic E-state index is 12.1. The number of piperidine rings is 1. The van der Waals surface area contributed by atoms with Crippen LogP contribution >= 0.6 is 0 Å². The third-order valence-electron chi connectivity index (χ3n) is 5.15. The largest absolute Gasteiger partial charge is 0.335 e. The zero-order chi connectivity index (χ0) is 16.4. The van der Waals surface area contributed by atoms with Gasteiger partial charge in [0.2, 0.25) is 5.91 Å². The number of aromatic nitrogens is 1. The topological polar surface area (TPSA) is 39.7 Å². The lowest BCUT2D eigenvalue weighted by Gasteiger charge is -2.38. The van der Waals surface area contributed by atoms with E-state index in [1.165, 1.54) is 0 Å². The smallest absolute Gasteiger partial charge is 0.219 e. The van der Waals surface area contributed by atoms with E-state index in [0.717, 1.165) is 44.7 Å². The zero-order valence-corrected chi connectivity index (χ0v) is 14.5. The van der Waals surface area contributed by atoms with E-state index in [1.54, 1.807) is 6.92 Å². The summed E-state index contributed by atoms with van der Waals surface area (Å²) >= 11 is 0. The van der Waals surface area contributed by atoms with Crippen molar-refractivity contribution in [3.8, 4) is 0 Å². The van der Waals surface area contributed by atoms with Gasteiger partial charge in [-0.1, -0.05) is 6.07 Å². The molecule has 1 aromatic heterocycles. The lowest BCUT2D eigenvalue weighted by atomic mass is 9.92. The summed E-state index contributed by atoms with van der Waals surface area (Å²) in [6.45, 7) is 5.74. The Kier molecular flexibility index (Phi) is 4.97. The van der Waals surface area contributed by atoms with Gasteiger partial charge in [0.1, 0.15) is 0 Å². The highest BCUT2D eigenvalue weighted by Crippen LogP contribution is 2.36. The van der Waals surface area contributed by atoms with Crippen LogP contribution in [0.1, 0.15) is 25.5 Å². The van der Waals surface area contributed by atoms with Crippen molar-refractivity contribution in [1.82, 2.24) is 19.7 Å². The van der Waals surface area contributed by atoms with Crippen LogP contribution in [0.5, 0.6) is 0 Å². The second-order valence-electron chi connectivity index (χ2n) is 7.25. The zero-order valence-electron chi connectivity index (χ0n) is 14.5. The van der Waals surface area contributed by atoms with Crippen LogP contribution < -0.4 is 0 Å². The van der Waals surface area contributed by atoms with Gasteiger partial charge in [-0.15, -0.1) is 0 Å². The number of likely N-dealkylation sites (tertiary alicyclic amines) is 2. The molecule has 0 bridgehead atoms. The highest BCUT2D eigenvalue weighted by atomic mass is 16.2. The number of nitrogens with zero attached hydrogens (tertiary/aromatic N) is 4. The Morgan fingerprint density at radius 3 is 2.87 bits per heavy atom. The molecule has 0 aromatic carbocycles. The molecule has 2 aliphatic rings. The van der Waals surface area contributed by atoms with Crippen LogP contribution in [0.2, 0.25) is 0 Å². The number of likely N-dealkylation sites (N-methyl/N-ethyl adjacent to an activating group) is 1. The molecule has 5 heteroatoms. The Morgan fingerprint density at radius 2 is 2.22 bits per heavy atom. The van der Waals surface area contributed by atoms with Gasteiger partial charge in [-0.25, -0.2) is 0 Å². The highest BCUT2D eigenvalue weighted by Gasteiger charge is 2.44. The molecule has 0 aliphatic carbocycles. The Bertz CT molecular complexity index is 533. The molecule has 5 nitrogen and oxygen atoms in total. The number of rotatable bonds is 4. The Balaban J connectivity index is 1.66. The van der Waals surface area contributed by atoms with Crippen LogP contribution in [0.15, 0.2) is 24.4 Å². The summed E-state index contributed by atoms with van der Waals surface area (Å²) in [7, 11) is 4.18. The predicted octanol–water partition coefficient (Wildman–Crippen LogP) is 1.45. The predicted molar refractivity (Wildman–Crippen MR) is 90.9 cm³/mol. The molecule has 2 saturated heterocycles. The molecular formula is C18H28N4O. The van der Waals surface area contributed by atoms with Crippen molar-refractivity contribution in [1.29, 1.82) is 0 Å². The van der Waals surface area contributed by atoms with Crippen LogP contribution in [0, 0.1) is 5.92 Å². The number of pyridine rings is 1. The summed E-state index contributed by atoms with van der Waals surface area (Å²) in [4.78, 5) is 23.5. The van der Waals surface area contributed by atoms with Crippen molar-refractivity contribution < 1.29 is 4.79 Å². The van der Waals surface area contributed by atoms with Gasteiger partial charge in [0.15, 0.2) is 0 Å². The highest BCUT2D eigenvalue weighted by molar-refractivity contribution is 5.74. The molecule has 0 saturated carbocycles. The van der Waals surface area contributed by atoms with Gasteiger partial charge in [0.25, 0.3) is 0 Å². The molecule has 1 aromatic rings. The molecular weight excluding hydrogens is 288 g/mol. The Morgan fingerprint density at radius 1 is 1.39 bits per heavy atom. The van der Waals surface area contributed by atoms with Crippen molar-refractivity contribution in [2.24, 2.45) is 5.92 Å². The first-order chi connectivity index (χ1) is 11.0. The minimum Gasteiger partial charge on any atom is -0.335 e. The van der Waals surface area contributed by atoms with E-state index in [9.17, 15) is 4.79 Å². The fraction of sp³-hybridized carbons (Fsp3) is 0.667. The molecule has 0 unspecified atom stereocenters. The molecule has 0 spiro atoms. The number of amides is 1. The van der Waals surface area contributed by atoms with Gasteiger partial charge < -0.3 is 9.80 Å². The van der Waals surface area contributed by atoms with E-state index in [-0.39, 0.29) is 5.91 Å². The number of hydrogen-bond acceptors (Lipinski definition) is 4. The van der Waals surface area contributed by atoms with E-state index < -0.39 is 0 Å².